The predicted molar refractivity (Wildman–Crippen MR) is 76.7 cm³/mol. The fraction of sp³-hybridized carbons (Fsp3) is 0.308. The van der Waals surface area contributed by atoms with Crippen LogP contribution in [0.3, 0.4) is 0 Å². The third-order valence-corrected chi connectivity index (χ3v) is 4.44. The second-order valence-electron chi connectivity index (χ2n) is 4.80. The summed E-state index contributed by atoms with van der Waals surface area (Å²) in [4.78, 5) is 25.8. The lowest BCUT2D eigenvalue weighted by Gasteiger charge is -2.14. The maximum atomic E-state index is 12.4. The van der Waals surface area contributed by atoms with E-state index < -0.39 is 5.25 Å². The van der Waals surface area contributed by atoms with Crippen LogP contribution in [-0.2, 0) is 16.6 Å². The maximum absolute atomic E-state index is 12.4. The zero-order valence-electron chi connectivity index (χ0n) is 11.6. The summed E-state index contributed by atoms with van der Waals surface area (Å²) >= 11 is 1.21. The van der Waals surface area contributed by atoms with Crippen LogP contribution >= 0.6 is 11.8 Å². The molecule has 2 amide bonds. The van der Waals surface area contributed by atoms with E-state index in [0.717, 1.165) is 5.56 Å². The van der Waals surface area contributed by atoms with E-state index >= 15 is 0 Å². The Kier molecular flexibility index (Phi) is 3.46. The van der Waals surface area contributed by atoms with Crippen LogP contribution in [0.25, 0.3) is 0 Å². The minimum Gasteiger partial charge on any atom is -0.274 e. The van der Waals surface area contributed by atoms with E-state index in [1.807, 2.05) is 19.1 Å². The number of tetrazole rings is 1. The van der Waals surface area contributed by atoms with Crippen molar-refractivity contribution in [1.29, 1.82) is 0 Å². The minimum absolute atomic E-state index is 0.157. The Morgan fingerprint density at radius 2 is 1.95 bits per heavy atom. The molecule has 3 rings (SSSR count). The number of thioether (sulfide) groups is 1. The van der Waals surface area contributed by atoms with Crippen LogP contribution in [0.2, 0.25) is 0 Å². The molecule has 0 bridgehead atoms. The van der Waals surface area contributed by atoms with Crippen LogP contribution in [0.1, 0.15) is 12.0 Å². The number of amides is 2. The number of imide groups is 1. The number of aromatic nitrogens is 4. The molecule has 7 nitrogen and oxygen atoms in total. The van der Waals surface area contributed by atoms with Gasteiger partial charge in [0.25, 0.3) is 0 Å². The van der Waals surface area contributed by atoms with Gasteiger partial charge >= 0.3 is 0 Å². The Morgan fingerprint density at radius 1 is 1.24 bits per heavy atom. The van der Waals surface area contributed by atoms with E-state index in [4.69, 9.17) is 0 Å². The number of rotatable bonds is 3. The first-order chi connectivity index (χ1) is 10.1. The first kappa shape index (κ1) is 13.7. The van der Waals surface area contributed by atoms with Gasteiger partial charge in [-0.15, -0.1) is 5.10 Å². The summed E-state index contributed by atoms with van der Waals surface area (Å²) < 4.78 is 1.48. The topological polar surface area (TPSA) is 81.0 Å². The van der Waals surface area contributed by atoms with Crippen LogP contribution < -0.4 is 4.90 Å². The fourth-order valence-corrected chi connectivity index (χ4v) is 3.07. The highest BCUT2D eigenvalue weighted by Gasteiger charge is 2.40. The Balaban J connectivity index is 1.82. The lowest BCUT2D eigenvalue weighted by molar-refractivity contribution is -0.121. The molecule has 0 N–H and O–H groups in total. The highest BCUT2D eigenvalue weighted by molar-refractivity contribution is 8.00. The molecule has 1 aliphatic heterocycles. The third-order valence-electron chi connectivity index (χ3n) is 3.23. The lowest BCUT2D eigenvalue weighted by atomic mass is 10.2. The summed E-state index contributed by atoms with van der Waals surface area (Å²) in [6.07, 6.45) is 0.157. The summed E-state index contributed by atoms with van der Waals surface area (Å²) in [7, 11) is 1.70. The van der Waals surface area contributed by atoms with Gasteiger partial charge in [-0.1, -0.05) is 29.5 Å². The van der Waals surface area contributed by atoms with Gasteiger partial charge in [-0.2, -0.15) is 0 Å². The van der Waals surface area contributed by atoms with E-state index in [0.29, 0.717) is 10.8 Å². The lowest BCUT2D eigenvalue weighted by Crippen LogP contribution is -2.31. The number of anilines is 1. The number of aryl methyl sites for hydroxylation is 2. The third kappa shape index (κ3) is 2.54. The summed E-state index contributed by atoms with van der Waals surface area (Å²) in [5.41, 5.74) is 1.68. The van der Waals surface area contributed by atoms with Crippen molar-refractivity contribution in [2.75, 3.05) is 4.90 Å². The average Bonchev–Trinajstić information content (AvgIpc) is 2.97. The monoisotopic (exact) mass is 303 g/mol. The van der Waals surface area contributed by atoms with E-state index in [1.165, 1.54) is 21.3 Å². The summed E-state index contributed by atoms with van der Waals surface area (Å²) in [5.74, 6) is -0.423. The largest absolute Gasteiger partial charge is 0.274 e. The van der Waals surface area contributed by atoms with Gasteiger partial charge in [-0.3, -0.25) is 9.59 Å². The predicted octanol–water partition coefficient (Wildman–Crippen LogP) is 0.943. The van der Waals surface area contributed by atoms with Crippen LogP contribution in [0.5, 0.6) is 0 Å². The van der Waals surface area contributed by atoms with E-state index in [9.17, 15) is 9.59 Å². The number of hydrogen-bond acceptors (Lipinski definition) is 6. The molecule has 1 aliphatic rings. The van der Waals surface area contributed by atoms with Crippen LogP contribution in [0, 0.1) is 6.92 Å². The summed E-state index contributed by atoms with van der Waals surface area (Å²) in [6, 6.07) is 7.32. The SMILES string of the molecule is Cc1ccc(N2C(=O)C[C@@H](Sc3nnnn3C)C2=O)cc1. The number of nitrogens with zero attached hydrogens (tertiary/aromatic N) is 5. The van der Waals surface area contributed by atoms with Crippen molar-refractivity contribution in [2.24, 2.45) is 7.05 Å². The molecule has 21 heavy (non-hydrogen) atoms. The van der Waals surface area contributed by atoms with Crippen molar-refractivity contribution in [2.45, 2.75) is 23.8 Å². The van der Waals surface area contributed by atoms with Gasteiger partial charge in [-0.05, 0) is 29.5 Å². The quantitative estimate of drug-likeness (QED) is 0.785. The number of carbonyl (C=O) groups excluding carboxylic acids is 2. The molecule has 1 fully saturated rings. The van der Waals surface area contributed by atoms with Crippen molar-refractivity contribution in [3.8, 4) is 0 Å². The van der Waals surface area contributed by atoms with Crippen molar-refractivity contribution >= 4 is 29.3 Å². The van der Waals surface area contributed by atoms with Gasteiger partial charge in [0, 0.05) is 13.5 Å². The van der Waals surface area contributed by atoms with Gasteiger partial charge in [0.05, 0.1) is 5.69 Å². The standard InChI is InChI=1S/C13H13N5O2S/c1-8-3-5-9(6-4-8)18-11(19)7-10(12(18)20)21-13-14-15-16-17(13)2/h3-6,10H,7H2,1-2H3/t10-/m1/s1. The molecule has 0 aliphatic carbocycles. The van der Waals surface area contributed by atoms with E-state index in [2.05, 4.69) is 15.5 Å². The Labute approximate surface area is 125 Å². The maximum Gasteiger partial charge on any atom is 0.247 e. The Bertz CT molecular complexity index is 697. The summed E-state index contributed by atoms with van der Waals surface area (Å²) in [6.45, 7) is 1.96. The molecule has 1 aromatic carbocycles. The number of carbonyl (C=O) groups is 2. The normalized spacial score (nSPS) is 18.6. The molecule has 1 atom stereocenters. The second kappa shape index (κ2) is 5.28. The Morgan fingerprint density at radius 3 is 2.57 bits per heavy atom. The second-order valence-corrected chi connectivity index (χ2v) is 5.97. The van der Waals surface area contributed by atoms with Crippen molar-refractivity contribution < 1.29 is 9.59 Å². The van der Waals surface area contributed by atoms with Crippen molar-refractivity contribution in [3.05, 3.63) is 29.8 Å². The highest BCUT2D eigenvalue weighted by Crippen LogP contribution is 2.32. The molecule has 0 radical (unpaired) electrons. The highest BCUT2D eigenvalue weighted by atomic mass is 32.2. The minimum atomic E-state index is -0.483. The molecule has 2 heterocycles. The van der Waals surface area contributed by atoms with E-state index in [1.54, 1.807) is 19.2 Å². The average molecular weight is 303 g/mol. The molecule has 108 valence electrons. The molecule has 1 saturated heterocycles. The molecule has 0 unspecified atom stereocenters. The zero-order chi connectivity index (χ0) is 15.0. The molecular weight excluding hydrogens is 290 g/mol. The Hall–Kier alpha value is -2.22. The zero-order valence-corrected chi connectivity index (χ0v) is 12.4. The van der Waals surface area contributed by atoms with Gasteiger partial charge in [0.1, 0.15) is 5.25 Å². The smallest absolute Gasteiger partial charge is 0.247 e. The van der Waals surface area contributed by atoms with Crippen molar-refractivity contribution in [3.63, 3.8) is 0 Å². The first-order valence-electron chi connectivity index (χ1n) is 6.39. The van der Waals surface area contributed by atoms with Gasteiger partial charge in [-0.25, -0.2) is 9.58 Å². The van der Waals surface area contributed by atoms with Crippen molar-refractivity contribution in [1.82, 2.24) is 20.2 Å². The molecule has 1 aromatic heterocycles. The van der Waals surface area contributed by atoms with E-state index in [-0.39, 0.29) is 18.2 Å². The first-order valence-corrected chi connectivity index (χ1v) is 7.26. The summed E-state index contributed by atoms with van der Waals surface area (Å²) in [5, 5.41) is 11.1. The van der Waals surface area contributed by atoms with Crippen LogP contribution in [0.15, 0.2) is 29.4 Å². The number of benzene rings is 1. The van der Waals surface area contributed by atoms with Crippen LogP contribution in [-0.4, -0.2) is 37.3 Å². The fourth-order valence-electron chi connectivity index (χ4n) is 2.11. The van der Waals surface area contributed by atoms with Crippen LogP contribution in [0.4, 0.5) is 5.69 Å². The van der Waals surface area contributed by atoms with Gasteiger partial charge < -0.3 is 0 Å². The van der Waals surface area contributed by atoms with Gasteiger partial charge in [0.15, 0.2) is 0 Å². The molecule has 2 aromatic rings. The molecular formula is C13H13N5O2S. The molecule has 0 spiro atoms. The molecule has 0 saturated carbocycles. The van der Waals surface area contributed by atoms with Gasteiger partial charge in [0.2, 0.25) is 17.0 Å². The molecule has 8 heteroatoms. The number of hydrogen-bond donors (Lipinski definition) is 0.